The van der Waals surface area contributed by atoms with E-state index in [1.54, 1.807) is 0 Å². The summed E-state index contributed by atoms with van der Waals surface area (Å²) in [5.74, 6) is 1.44. The first-order valence-electron chi connectivity index (χ1n) is 6.40. The molecule has 3 nitrogen and oxygen atoms in total. The highest BCUT2D eigenvalue weighted by Crippen LogP contribution is 2.29. The summed E-state index contributed by atoms with van der Waals surface area (Å²) in [4.78, 5) is 9.18. The monoisotopic (exact) mass is 283 g/mol. The molecule has 0 fully saturated rings. The maximum absolute atomic E-state index is 6.31. The number of para-hydroxylation sites is 1. The fourth-order valence-electron chi connectivity index (χ4n) is 2.19. The smallest absolute Gasteiger partial charge is 0.163 e. The third kappa shape index (κ3) is 2.21. The van der Waals surface area contributed by atoms with Gasteiger partial charge in [0.1, 0.15) is 5.82 Å². The van der Waals surface area contributed by atoms with Crippen LogP contribution in [0.25, 0.3) is 22.3 Å². The van der Waals surface area contributed by atoms with Crippen molar-refractivity contribution < 1.29 is 0 Å². The average Bonchev–Trinajstić information content (AvgIpc) is 2.46. The molecule has 1 heterocycles. The van der Waals surface area contributed by atoms with Crippen molar-refractivity contribution in [3.8, 4) is 11.4 Å². The molecule has 1 N–H and O–H groups in total. The third-order valence-electron chi connectivity index (χ3n) is 3.21. The number of fused-ring (bicyclic) bond motifs is 1. The number of anilines is 1. The summed E-state index contributed by atoms with van der Waals surface area (Å²) in [6, 6.07) is 13.8. The van der Waals surface area contributed by atoms with Crippen LogP contribution in [0.2, 0.25) is 5.02 Å². The van der Waals surface area contributed by atoms with Gasteiger partial charge >= 0.3 is 0 Å². The van der Waals surface area contributed by atoms with Crippen LogP contribution in [0.1, 0.15) is 5.56 Å². The van der Waals surface area contributed by atoms with E-state index in [1.165, 1.54) is 0 Å². The van der Waals surface area contributed by atoms with Gasteiger partial charge in [-0.15, -0.1) is 0 Å². The van der Waals surface area contributed by atoms with Crippen LogP contribution in [-0.4, -0.2) is 17.0 Å². The average molecular weight is 284 g/mol. The molecule has 2 aromatic carbocycles. The zero-order valence-electron chi connectivity index (χ0n) is 11.3. The van der Waals surface area contributed by atoms with Crippen LogP contribution < -0.4 is 5.32 Å². The van der Waals surface area contributed by atoms with Crippen LogP contribution in [0.4, 0.5) is 5.82 Å². The van der Waals surface area contributed by atoms with Crippen molar-refractivity contribution in [2.45, 2.75) is 6.92 Å². The van der Waals surface area contributed by atoms with Gasteiger partial charge in [0.05, 0.1) is 10.5 Å². The Hall–Kier alpha value is -2.13. The van der Waals surface area contributed by atoms with Crippen LogP contribution in [0, 0.1) is 6.92 Å². The summed E-state index contributed by atoms with van der Waals surface area (Å²) in [5.41, 5.74) is 2.87. The Bertz CT molecular complexity index is 784. The van der Waals surface area contributed by atoms with Crippen LogP contribution in [0.5, 0.6) is 0 Å². The second-order valence-electron chi connectivity index (χ2n) is 4.65. The number of aryl methyl sites for hydroxylation is 1. The van der Waals surface area contributed by atoms with Gasteiger partial charge in [-0.25, -0.2) is 9.97 Å². The number of hydrogen-bond donors (Lipinski definition) is 1. The van der Waals surface area contributed by atoms with E-state index in [0.29, 0.717) is 10.8 Å². The van der Waals surface area contributed by atoms with Gasteiger partial charge < -0.3 is 5.32 Å². The van der Waals surface area contributed by atoms with Crippen molar-refractivity contribution in [2.24, 2.45) is 0 Å². The number of nitrogens with zero attached hydrogens (tertiary/aromatic N) is 2. The Balaban J connectivity index is 2.26. The first kappa shape index (κ1) is 12.9. The minimum Gasteiger partial charge on any atom is -0.373 e. The molecule has 0 aliphatic heterocycles. The van der Waals surface area contributed by atoms with Crippen molar-refractivity contribution in [2.75, 3.05) is 12.4 Å². The Morgan fingerprint density at radius 2 is 1.85 bits per heavy atom. The molecule has 0 spiro atoms. The Labute approximate surface area is 122 Å². The molecule has 1 aromatic heterocycles. The largest absolute Gasteiger partial charge is 0.373 e. The van der Waals surface area contributed by atoms with E-state index in [0.717, 1.165) is 27.8 Å². The molecule has 0 unspecified atom stereocenters. The van der Waals surface area contributed by atoms with Crippen molar-refractivity contribution in [1.82, 2.24) is 9.97 Å². The zero-order valence-corrected chi connectivity index (χ0v) is 12.1. The minimum absolute atomic E-state index is 0.637. The van der Waals surface area contributed by atoms with Gasteiger partial charge in [-0.2, -0.15) is 0 Å². The molecule has 0 atom stereocenters. The summed E-state index contributed by atoms with van der Waals surface area (Å²) in [6.07, 6.45) is 0. The molecule has 3 rings (SSSR count). The lowest BCUT2D eigenvalue weighted by Crippen LogP contribution is -1.99. The molecule has 0 saturated heterocycles. The predicted octanol–water partition coefficient (Wildman–Crippen LogP) is 4.30. The molecule has 3 aromatic rings. The van der Waals surface area contributed by atoms with E-state index in [9.17, 15) is 0 Å². The standard InChI is InChI=1S/C16H14ClN3/c1-10-7-8-11(13(17)9-10)16-19-14-6-4-3-5-12(14)15(18-2)20-16/h3-9H,1-2H3,(H,18,19,20). The number of nitrogens with one attached hydrogen (secondary N) is 1. The lowest BCUT2D eigenvalue weighted by Gasteiger charge is -2.09. The maximum atomic E-state index is 6.31. The molecular formula is C16H14ClN3. The van der Waals surface area contributed by atoms with Gasteiger partial charge in [-0.3, -0.25) is 0 Å². The lowest BCUT2D eigenvalue weighted by molar-refractivity contribution is 1.21. The molecule has 100 valence electrons. The van der Waals surface area contributed by atoms with Crippen molar-refractivity contribution in [3.63, 3.8) is 0 Å². The van der Waals surface area contributed by atoms with Crippen LogP contribution in [0.15, 0.2) is 42.5 Å². The van der Waals surface area contributed by atoms with Gasteiger partial charge in [0.25, 0.3) is 0 Å². The number of hydrogen-bond acceptors (Lipinski definition) is 3. The topological polar surface area (TPSA) is 37.8 Å². The molecule has 0 radical (unpaired) electrons. The normalized spacial score (nSPS) is 10.8. The van der Waals surface area contributed by atoms with E-state index >= 15 is 0 Å². The van der Waals surface area contributed by atoms with Gasteiger partial charge in [0.15, 0.2) is 5.82 Å². The highest BCUT2D eigenvalue weighted by atomic mass is 35.5. The molecule has 0 aliphatic rings. The quantitative estimate of drug-likeness (QED) is 0.762. The molecule has 0 saturated carbocycles. The SMILES string of the molecule is CNc1nc(-c2ccc(C)cc2Cl)nc2ccccc12. The maximum Gasteiger partial charge on any atom is 0.163 e. The summed E-state index contributed by atoms with van der Waals surface area (Å²) < 4.78 is 0. The van der Waals surface area contributed by atoms with Gasteiger partial charge in [-0.05, 0) is 36.8 Å². The van der Waals surface area contributed by atoms with E-state index in [1.807, 2.05) is 56.4 Å². The van der Waals surface area contributed by atoms with Gasteiger partial charge in [-0.1, -0.05) is 29.8 Å². The molecule has 0 aliphatic carbocycles. The summed E-state index contributed by atoms with van der Waals surface area (Å²) >= 11 is 6.31. The second-order valence-corrected chi connectivity index (χ2v) is 5.05. The first-order valence-corrected chi connectivity index (χ1v) is 6.78. The highest BCUT2D eigenvalue weighted by Gasteiger charge is 2.11. The predicted molar refractivity (Wildman–Crippen MR) is 84.3 cm³/mol. The minimum atomic E-state index is 0.637. The number of aromatic nitrogens is 2. The number of rotatable bonds is 2. The Morgan fingerprint density at radius 3 is 2.60 bits per heavy atom. The van der Waals surface area contributed by atoms with Crippen molar-refractivity contribution >= 4 is 28.3 Å². The van der Waals surface area contributed by atoms with Gasteiger partial charge in [0, 0.05) is 18.0 Å². The molecular weight excluding hydrogens is 270 g/mol. The van der Waals surface area contributed by atoms with Crippen molar-refractivity contribution in [3.05, 3.63) is 53.1 Å². The summed E-state index contributed by atoms with van der Waals surface area (Å²) in [7, 11) is 1.86. The fourth-order valence-corrected chi connectivity index (χ4v) is 2.51. The van der Waals surface area contributed by atoms with Gasteiger partial charge in [0.2, 0.25) is 0 Å². The Morgan fingerprint density at radius 1 is 1.05 bits per heavy atom. The Kier molecular flexibility index (Phi) is 3.28. The fraction of sp³-hybridized carbons (Fsp3) is 0.125. The first-order chi connectivity index (χ1) is 9.69. The van der Waals surface area contributed by atoms with E-state index in [2.05, 4.69) is 15.3 Å². The number of benzene rings is 2. The molecule has 4 heteroatoms. The lowest BCUT2D eigenvalue weighted by atomic mass is 10.1. The van der Waals surface area contributed by atoms with Crippen LogP contribution in [-0.2, 0) is 0 Å². The molecule has 0 amide bonds. The summed E-state index contributed by atoms with van der Waals surface area (Å²) in [5, 5.41) is 4.79. The second kappa shape index (κ2) is 5.10. The van der Waals surface area contributed by atoms with E-state index in [-0.39, 0.29) is 0 Å². The third-order valence-corrected chi connectivity index (χ3v) is 3.52. The zero-order chi connectivity index (χ0) is 14.1. The van der Waals surface area contributed by atoms with E-state index < -0.39 is 0 Å². The highest BCUT2D eigenvalue weighted by molar-refractivity contribution is 6.33. The molecule has 0 bridgehead atoms. The van der Waals surface area contributed by atoms with Crippen molar-refractivity contribution in [1.29, 1.82) is 0 Å². The number of halogens is 1. The van der Waals surface area contributed by atoms with Crippen LogP contribution in [0.3, 0.4) is 0 Å². The summed E-state index contributed by atoms with van der Waals surface area (Å²) in [6.45, 7) is 2.01. The van der Waals surface area contributed by atoms with Crippen LogP contribution >= 0.6 is 11.6 Å². The van der Waals surface area contributed by atoms with E-state index in [4.69, 9.17) is 11.6 Å². The molecule has 20 heavy (non-hydrogen) atoms.